The number of nitriles is 1. The molecule has 1 aromatic carbocycles. The number of nitrogens with one attached hydrogen (secondary N) is 1. The van der Waals surface area contributed by atoms with E-state index in [1.165, 1.54) is 12.1 Å². The lowest BCUT2D eigenvalue weighted by atomic mass is 10.2. The Bertz CT molecular complexity index is 584. The van der Waals surface area contributed by atoms with Gasteiger partial charge in [0.1, 0.15) is 18.0 Å². The number of nitrogens with zero attached hydrogens (tertiary/aromatic N) is 4. The van der Waals surface area contributed by atoms with Gasteiger partial charge in [0, 0.05) is 25.7 Å². The van der Waals surface area contributed by atoms with E-state index in [-0.39, 0.29) is 0 Å². The Hall–Kier alpha value is -2.42. The van der Waals surface area contributed by atoms with Crippen molar-refractivity contribution in [2.75, 3.05) is 11.9 Å². The van der Waals surface area contributed by atoms with Gasteiger partial charge in [0.05, 0.1) is 11.6 Å². The molecule has 0 aliphatic heterocycles. The fraction of sp³-hybridized carbons (Fsp3) is 0.250. The summed E-state index contributed by atoms with van der Waals surface area (Å²) in [6.07, 6.45) is 2.31. The topological polar surface area (TPSA) is 66.5 Å². The van der Waals surface area contributed by atoms with Gasteiger partial charge < -0.3 is 9.88 Å². The zero-order valence-electron chi connectivity index (χ0n) is 9.89. The van der Waals surface area contributed by atoms with E-state index in [0.29, 0.717) is 24.2 Å². The molecule has 6 heteroatoms. The van der Waals surface area contributed by atoms with Crippen molar-refractivity contribution in [2.24, 2.45) is 7.05 Å². The van der Waals surface area contributed by atoms with E-state index in [2.05, 4.69) is 15.5 Å². The highest BCUT2D eigenvalue weighted by Gasteiger charge is 2.02. The predicted octanol–water partition coefficient (Wildman–Crippen LogP) is 1.48. The number of rotatable bonds is 4. The molecular weight excluding hydrogens is 233 g/mol. The fourth-order valence-electron chi connectivity index (χ4n) is 1.61. The maximum atomic E-state index is 13.2. The first-order chi connectivity index (χ1) is 8.69. The van der Waals surface area contributed by atoms with Gasteiger partial charge in [-0.2, -0.15) is 5.26 Å². The van der Waals surface area contributed by atoms with Gasteiger partial charge in [-0.15, -0.1) is 10.2 Å². The van der Waals surface area contributed by atoms with Gasteiger partial charge in [-0.25, -0.2) is 4.39 Å². The van der Waals surface area contributed by atoms with Crippen LogP contribution in [0.3, 0.4) is 0 Å². The monoisotopic (exact) mass is 245 g/mol. The average Bonchev–Trinajstić information content (AvgIpc) is 2.74. The maximum Gasteiger partial charge on any atom is 0.134 e. The van der Waals surface area contributed by atoms with Gasteiger partial charge in [0.2, 0.25) is 0 Å². The van der Waals surface area contributed by atoms with E-state index in [4.69, 9.17) is 5.26 Å². The standard InChI is InChI=1S/C12H12FN5/c1-18-8-16-17-12(18)2-3-15-11-5-9(7-14)4-10(13)6-11/h4-6,8,15H,2-3H2,1H3. The summed E-state index contributed by atoms with van der Waals surface area (Å²) in [7, 11) is 1.87. The first-order valence-electron chi connectivity index (χ1n) is 5.46. The zero-order chi connectivity index (χ0) is 13.0. The van der Waals surface area contributed by atoms with Crippen LogP contribution in [0.25, 0.3) is 0 Å². The van der Waals surface area contributed by atoms with Crippen molar-refractivity contribution < 1.29 is 4.39 Å². The molecule has 1 aromatic heterocycles. The van der Waals surface area contributed by atoms with Gasteiger partial charge in [-0.3, -0.25) is 0 Å². The van der Waals surface area contributed by atoms with E-state index >= 15 is 0 Å². The summed E-state index contributed by atoms with van der Waals surface area (Å²) in [5.74, 6) is 0.426. The number of aromatic nitrogens is 3. The lowest BCUT2D eigenvalue weighted by molar-refractivity contribution is 0.627. The normalized spacial score (nSPS) is 10.1. The number of hydrogen-bond acceptors (Lipinski definition) is 4. The van der Waals surface area contributed by atoms with E-state index in [1.54, 1.807) is 12.4 Å². The third kappa shape index (κ3) is 2.83. The van der Waals surface area contributed by atoms with Crippen molar-refractivity contribution in [1.29, 1.82) is 5.26 Å². The summed E-state index contributed by atoms with van der Waals surface area (Å²) >= 11 is 0. The van der Waals surface area contributed by atoms with Crippen LogP contribution in [-0.4, -0.2) is 21.3 Å². The van der Waals surface area contributed by atoms with E-state index in [0.717, 1.165) is 5.82 Å². The Morgan fingerprint density at radius 2 is 2.28 bits per heavy atom. The van der Waals surface area contributed by atoms with Crippen LogP contribution in [0.4, 0.5) is 10.1 Å². The van der Waals surface area contributed by atoms with Crippen molar-refractivity contribution in [3.63, 3.8) is 0 Å². The Kier molecular flexibility index (Phi) is 3.53. The first-order valence-corrected chi connectivity index (χ1v) is 5.46. The molecule has 2 aromatic rings. The van der Waals surface area contributed by atoms with Crippen LogP contribution >= 0.6 is 0 Å². The molecule has 0 bridgehead atoms. The highest BCUT2D eigenvalue weighted by atomic mass is 19.1. The zero-order valence-corrected chi connectivity index (χ0v) is 9.89. The highest BCUT2D eigenvalue weighted by Crippen LogP contribution is 2.13. The quantitative estimate of drug-likeness (QED) is 0.886. The molecule has 92 valence electrons. The molecule has 0 spiro atoms. The second-order valence-electron chi connectivity index (χ2n) is 3.88. The molecule has 0 amide bonds. The van der Waals surface area contributed by atoms with E-state index in [1.807, 2.05) is 17.7 Å². The largest absolute Gasteiger partial charge is 0.384 e. The van der Waals surface area contributed by atoms with Gasteiger partial charge in [0.25, 0.3) is 0 Å². The maximum absolute atomic E-state index is 13.2. The Morgan fingerprint density at radius 1 is 1.44 bits per heavy atom. The van der Waals surface area contributed by atoms with Crippen molar-refractivity contribution >= 4 is 5.69 Å². The van der Waals surface area contributed by atoms with Crippen LogP contribution in [-0.2, 0) is 13.5 Å². The minimum atomic E-state index is -0.421. The SMILES string of the molecule is Cn1cnnc1CCNc1cc(F)cc(C#N)c1. The summed E-state index contributed by atoms with van der Waals surface area (Å²) in [5.41, 5.74) is 0.893. The molecule has 1 N–H and O–H groups in total. The summed E-state index contributed by atoms with van der Waals surface area (Å²) < 4.78 is 15.0. The van der Waals surface area contributed by atoms with Crippen molar-refractivity contribution in [3.05, 3.63) is 41.7 Å². The van der Waals surface area contributed by atoms with Crippen LogP contribution in [0.2, 0.25) is 0 Å². The first kappa shape index (κ1) is 12.0. The molecule has 0 aliphatic rings. The Morgan fingerprint density at radius 3 is 2.94 bits per heavy atom. The lowest BCUT2D eigenvalue weighted by Crippen LogP contribution is -2.08. The predicted molar refractivity (Wildman–Crippen MR) is 64.3 cm³/mol. The number of halogens is 1. The molecule has 0 aliphatic carbocycles. The van der Waals surface area contributed by atoms with Crippen molar-refractivity contribution in [1.82, 2.24) is 14.8 Å². The third-order valence-electron chi connectivity index (χ3n) is 2.51. The minimum absolute atomic E-state index is 0.302. The molecule has 0 unspecified atom stereocenters. The van der Waals surface area contributed by atoms with Gasteiger partial charge in [0.15, 0.2) is 0 Å². The summed E-state index contributed by atoms with van der Waals surface area (Å²) in [6, 6.07) is 6.09. The Balaban J connectivity index is 1.97. The second kappa shape index (κ2) is 5.27. The van der Waals surface area contributed by atoms with Crippen LogP contribution in [0.5, 0.6) is 0 Å². The number of benzene rings is 1. The van der Waals surface area contributed by atoms with Crippen LogP contribution in [0.1, 0.15) is 11.4 Å². The lowest BCUT2D eigenvalue weighted by Gasteiger charge is -2.06. The molecular formula is C12H12FN5. The molecule has 1 heterocycles. The van der Waals surface area contributed by atoms with E-state index < -0.39 is 5.82 Å². The van der Waals surface area contributed by atoms with Crippen LogP contribution < -0.4 is 5.32 Å². The number of aryl methyl sites for hydroxylation is 1. The van der Waals surface area contributed by atoms with Crippen molar-refractivity contribution in [3.8, 4) is 6.07 Å². The molecule has 18 heavy (non-hydrogen) atoms. The smallest absolute Gasteiger partial charge is 0.134 e. The van der Waals surface area contributed by atoms with Crippen molar-refractivity contribution in [2.45, 2.75) is 6.42 Å². The highest BCUT2D eigenvalue weighted by molar-refractivity contribution is 5.49. The molecule has 5 nitrogen and oxygen atoms in total. The van der Waals surface area contributed by atoms with Gasteiger partial charge >= 0.3 is 0 Å². The van der Waals surface area contributed by atoms with Crippen LogP contribution in [0.15, 0.2) is 24.5 Å². The average molecular weight is 245 g/mol. The van der Waals surface area contributed by atoms with E-state index in [9.17, 15) is 4.39 Å². The third-order valence-corrected chi connectivity index (χ3v) is 2.51. The van der Waals surface area contributed by atoms with Gasteiger partial charge in [-0.05, 0) is 18.2 Å². The van der Waals surface area contributed by atoms with Gasteiger partial charge in [-0.1, -0.05) is 0 Å². The molecule has 0 radical (unpaired) electrons. The summed E-state index contributed by atoms with van der Waals surface area (Å²) in [6.45, 7) is 0.598. The molecule has 0 fully saturated rings. The number of hydrogen-bond donors (Lipinski definition) is 1. The second-order valence-corrected chi connectivity index (χ2v) is 3.88. The fourth-order valence-corrected chi connectivity index (χ4v) is 1.61. The summed E-state index contributed by atoms with van der Waals surface area (Å²) in [4.78, 5) is 0. The molecule has 0 atom stereocenters. The minimum Gasteiger partial charge on any atom is -0.384 e. The molecule has 2 rings (SSSR count). The van der Waals surface area contributed by atoms with Crippen LogP contribution in [0, 0.1) is 17.1 Å². The molecule has 0 saturated heterocycles. The summed E-state index contributed by atoms with van der Waals surface area (Å²) in [5, 5.41) is 19.5. The molecule has 0 saturated carbocycles. The number of anilines is 1. The Labute approximate surface area is 104 Å².